The van der Waals surface area contributed by atoms with Gasteiger partial charge < -0.3 is 15.7 Å². The van der Waals surface area contributed by atoms with E-state index in [1.165, 1.54) is 0 Å². The molecule has 1 aliphatic heterocycles. The molecule has 0 saturated carbocycles. The summed E-state index contributed by atoms with van der Waals surface area (Å²) in [6.07, 6.45) is 2.03. The number of benzene rings is 1. The molecule has 0 aromatic heterocycles. The quantitative estimate of drug-likeness (QED) is 0.859. The van der Waals surface area contributed by atoms with Gasteiger partial charge in [-0.05, 0) is 37.3 Å². The molecule has 1 amide bonds. The van der Waals surface area contributed by atoms with Crippen LogP contribution in [0.2, 0.25) is 0 Å². The third-order valence-electron chi connectivity index (χ3n) is 3.75. The highest BCUT2D eigenvalue weighted by molar-refractivity contribution is 5.82. The van der Waals surface area contributed by atoms with Gasteiger partial charge in [-0.15, -0.1) is 0 Å². The summed E-state index contributed by atoms with van der Waals surface area (Å²) in [7, 11) is 0. The Kier molecular flexibility index (Phi) is 4.93. The van der Waals surface area contributed by atoms with E-state index in [1.807, 2.05) is 18.2 Å². The Balaban J connectivity index is 1.99. The number of carbonyl (C=O) groups is 1. The van der Waals surface area contributed by atoms with Crippen LogP contribution < -0.4 is 5.73 Å². The number of likely N-dealkylation sites (tertiary alicyclic amines) is 1. The summed E-state index contributed by atoms with van der Waals surface area (Å²) in [4.78, 5) is 14.1. The Morgan fingerprint density at radius 2 is 2.16 bits per heavy atom. The summed E-state index contributed by atoms with van der Waals surface area (Å²) in [6, 6.07) is 9.10. The summed E-state index contributed by atoms with van der Waals surface area (Å²) in [5.41, 5.74) is 6.24. The normalized spacial score (nSPS) is 21.2. The summed E-state index contributed by atoms with van der Waals surface area (Å²) < 4.78 is 0. The van der Waals surface area contributed by atoms with E-state index in [0.29, 0.717) is 18.0 Å². The number of carbonyl (C=O) groups excluding carboxylic acids is 1. The SMILES string of the molecule is NCCC1CCCN(C(=O)C(O)c2ccccc2)C1. The van der Waals surface area contributed by atoms with Crippen LogP contribution in [-0.2, 0) is 4.79 Å². The molecule has 104 valence electrons. The molecule has 1 fully saturated rings. The monoisotopic (exact) mass is 262 g/mol. The molecule has 2 unspecified atom stereocenters. The third kappa shape index (κ3) is 3.55. The first-order valence-corrected chi connectivity index (χ1v) is 6.94. The zero-order valence-electron chi connectivity index (χ0n) is 11.2. The molecule has 2 atom stereocenters. The van der Waals surface area contributed by atoms with Gasteiger partial charge in [-0.1, -0.05) is 30.3 Å². The smallest absolute Gasteiger partial charge is 0.256 e. The average molecular weight is 262 g/mol. The molecule has 4 nitrogen and oxygen atoms in total. The van der Waals surface area contributed by atoms with Crippen LogP contribution in [0.4, 0.5) is 0 Å². The van der Waals surface area contributed by atoms with Crippen molar-refractivity contribution in [2.75, 3.05) is 19.6 Å². The van der Waals surface area contributed by atoms with Gasteiger partial charge >= 0.3 is 0 Å². The van der Waals surface area contributed by atoms with E-state index in [2.05, 4.69) is 0 Å². The first-order valence-electron chi connectivity index (χ1n) is 6.94. The maximum absolute atomic E-state index is 12.3. The van der Waals surface area contributed by atoms with Gasteiger partial charge in [-0.25, -0.2) is 0 Å². The van der Waals surface area contributed by atoms with Crippen molar-refractivity contribution in [1.82, 2.24) is 4.90 Å². The summed E-state index contributed by atoms with van der Waals surface area (Å²) in [5, 5.41) is 10.1. The average Bonchev–Trinajstić information content (AvgIpc) is 2.47. The molecule has 1 saturated heterocycles. The Labute approximate surface area is 114 Å². The lowest BCUT2D eigenvalue weighted by Crippen LogP contribution is -2.42. The number of aliphatic hydroxyl groups excluding tert-OH is 1. The fourth-order valence-corrected chi connectivity index (χ4v) is 2.69. The van der Waals surface area contributed by atoms with Crippen molar-refractivity contribution in [2.45, 2.75) is 25.4 Å². The van der Waals surface area contributed by atoms with Crippen molar-refractivity contribution >= 4 is 5.91 Å². The van der Waals surface area contributed by atoms with E-state index < -0.39 is 6.10 Å². The first-order chi connectivity index (χ1) is 9.22. The number of amides is 1. The molecular weight excluding hydrogens is 240 g/mol. The number of aliphatic hydroxyl groups is 1. The maximum Gasteiger partial charge on any atom is 0.256 e. The number of nitrogens with two attached hydrogens (primary N) is 1. The third-order valence-corrected chi connectivity index (χ3v) is 3.75. The fraction of sp³-hybridized carbons (Fsp3) is 0.533. The molecule has 2 rings (SSSR count). The maximum atomic E-state index is 12.3. The molecule has 1 aromatic rings. The van der Waals surface area contributed by atoms with Crippen LogP contribution >= 0.6 is 0 Å². The van der Waals surface area contributed by atoms with Crippen LogP contribution in [0.25, 0.3) is 0 Å². The van der Waals surface area contributed by atoms with Gasteiger partial charge in [-0.3, -0.25) is 4.79 Å². The molecule has 0 spiro atoms. The molecular formula is C15H22N2O2. The van der Waals surface area contributed by atoms with Crippen molar-refractivity contribution in [1.29, 1.82) is 0 Å². The molecule has 1 aromatic carbocycles. The molecule has 0 aliphatic carbocycles. The second kappa shape index (κ2) is 6.68. The van der Waals surface area contributed by atoms with Gasteiger partial charge in [-0.2, -0.15) is 0 Å². The van der Waals surface area contributed by atoms with Crippen molar-refractivity contribution in [3.63, 3.8) is 0 Å². The van der Waals surface area contributed by atoms with Gasteiger partial charge in [0, 0.05) is 13.1 Å². The van der Waals surface area contributed by atoms with Crippen molar-refractivity contribution in [3.8, 4) is 0 Å². The highest BCUT2D eigenvalue weighted by Gasteiger charge is 2.28. The second-order valence-corrected chi connectivity index (χ2v) is 5.18. The minimum atomic E-state index is -1.04. The summed E-state index contributed by atoms with van der Waals surface area (Å²) >= 11 is 0. The van der Waals surface area contributed by atoms with Crippen LogP contribution in [0.5, 0.6) is 0 Å². The standard InChI is InChI=1S/C15H22N2O2/c16-9-8-12-5-4-10-17(11-12)15(19)14(18)13-6-2-1-3-7-13/h1-3,6-7,12,14,18H,4-5,8-11,16H2. The minimum absolute atomic E-state index is 0.187. The number of hydrogen-bond acceptors (Lipinski definition) is 3. The molecule has 4 heteroatoms. The molecule has 1 aliphatic rings. The van der Waals surface area contributed by atoms with E-state index in [1.54, 1.807) is 17.0 Å². The van der Waals surface area contributed by atoms with Crippen LogP contribution in [0.15, 0.2) is 30.3 Å². The van der Waals surface area contributed by atoms with Crippen LogP contribution in [0, 0.1) is 5.92 Å². The second-order valence-electron chi connectivity index (χ2n) is 5.18. The van der Waals surface area contributed by atoms with Crippen LogP contribution in [0.3, 0.4) is 0 Å². The number of hydrogen-bond donors (Lipinski definition) is 2. The van der Waals surface area contributed by atoms with Crippen LogP contribution in [0.1, 0.15) is 30.9 Å². The number of nitrogens with zero attached hydrogens (tertiary/aromatic N) is 1. The van der Waals surface area contributed by atoms with E-state index in [-0.39, 0.29) is 5.91 Å². The highest BCUT2D eigenvalue weighted by atomic mass is 16.3. The van der Waals surface area contributed by atoms with E-state index in [4.69, 9.17) is 5.73 Å². The van der Waals surface area contributed by atoms with Gasteiger partial charge in [0.1, 0.15) is 0 Å². The molecule has 0 radical (unpaired) electrons. The van der Waals surface area contributed by atoms with E-state index in [9.17, 15) is 9.90 Å². The Morgan fingerprint density at radius 1 is 1.42 bits per heavy atom. The first kappa shape index (κ1) is 14.0. The van der Waals surface area contributed by atoms with Gasteiger partial charge in [0.2, 0.25) is 0 Å². The molecule has 3 N–H and O–H groups in total. The lowest BCUT2D eigenvalue weighted by atomic mass is 9.94. The predicted octanol–water partition coefficient (Wildman–Crippen LogP) is 1.31. The summed E-state index contributed by atoms with van der Waals surface area (Å²) in [5.74, 6) is 0.290. The minimum Gasteiger partial charge on any atom is -0.378 e. The molecule has 0 bridgehead atoms. The number of piperidine rings is 1. The molecule has 1 heterocycles. The van der Waals surface area contributed by atoms with Gasteiger partial charge in [0.15, 0.2) is 6.10 Å². The van der Waals surface area contributed by atoms with Gasteiger partial charge in [0.05, 0.1) is 0 Å². The number of rotatable bonds is 4. The highest BCUT2D eigenvalue weighted by Crippen LogP contribution is 2.23. The zero-order chi connectivity index (χ0) is 13.7. The Bertz CT molecular complexity index is 406. The van der Waals surface area contributed by atoms with Crippen molar-refractivity contribution < 1.29 is 9.90 Å². The lowest BCUT2D eigenvalue weighted by molar-refractivity contribution is -0.142. The lowest BCUT2D eigenvalue weighted by Gasteiger charge is -2.34. The molecule has 19 heavy (non-hydrogen) atoms. The largest absolute Gasteiger partial charge is 0.378 e. The predicted molar refractivity (Wildman–Crippen MR) is 74.4 cm³/mol. The van der Waals surface area contributed by atoms with Crippen molar-refractivity contribution in [2.24, 2.45) is 11.7 Å². The topological polar surface area (TPSA) is 66.6 Å². The Morgan fingerprint density at radius 3 is 2.84 bits per heavy atom. The van der Waals surface area contributed by atoms with Gasteiger partial charge in [0.25, 0.3) is 5.91 Å². The van der Waals surface area contributed by atoms with Crippen molar-refractivity contribution in [3.05, 3.63) is 35.9 Å². The zero-order valence-corrected chi connectivity index (χ0v) is 11.2. The fourth-order valence-electron chi connectivity index (χ4n) is 2.69. The van der Waals surface area contributed by atoms with E-state index >= 15 is 0 Å². The van der Waals surface area contributed by atoms with E-state index in [0.717, 1.165) is 32.4 Å². The van der Waals surface area contributed by atoms with Crippen LogP contribution in [-0.4, -0.2) is 35.5 Å². The summed E-state index contributed by atoms with van der Waals surface area (Å²) in [6.45, 7) is 2.12. The Hall–Kier alpha value is -1.39.